The number of ether oxygens (including phenoxy) is 1. The fraction of sp³-hybridized carbons (Fsp3) is 0.300. The molecule has 5 heteroatoms. The number of aromatic nitrogens is 1. The lowest BCUT2D eigenvalue weighted by Crippen LogP contribution is -2.37. The van der Waals surface area contributed by atoms with Gasteiger partial charge in [-0.15, -0.1) is 0 Å². The second-order valence-electron chi connectivity index (χ2n) is 6.23. The van der Waals surface area contributed by atoms with Crippen molar-refractivity contribution in [2.45, 2.75) is 26.3 Å². The van der Waals surface area contributed by atoms with Gasteiger partial charge in [-0.25, -0.2) is 0 Å². The van der Waals surface area contributed by atoms with E-state index >= 15 is 0 Å². The molecule has 128 valence electrons. The van der Waals surface area contributed by atoms with E-state index in [1.54, 1.807) is 0 Å². The minimum absolute atomic E-state index is 0.0755. The molecule has 1 aromatic heterocycles. The molecule has 3 aromatic rings. The predicted octanol–water partition coefficient (Wildman–Crippen LogP) is 3.35. The van der Waals surface area contributed by atoms with Gasteiger partial charge in [-0.3, -0.25) is 4.79 Å². The van der Waals surface area contributed by atoms with Crippen molar-refractivity contribution in [1.82, 2.24) is 10.1 Å². The molecule has 0 bridgehead atoms. The van der Waals surface area contributed by atoms with Gasteiger partial charge in [-0.1, -0.05) is 23.4 Å². The summed E-state index contributed by atoms with van der Waals surface area (Å²) in [5.41, 5.74) is 3.88. The van der Waals surface area contributed by atoms with Crippen LogP contribution in [0.2, 0.25) is 0 Å². The van der Waals surface area contributed by atoms with Gasteiger partial charge in [-0.2, -0.15) is 0 Å². The van der Waals surface area contributed by atoms with Crippen LogP contribution in [0.15, 0.2) is 47.0 Å². The summed E-state index contributed by atoms with van der Waals surface area (Å²) >= 11 is 0. The zero-order valence-corrected chi connectivity index (χ0v) is 14.2. The van der Waals surface area contributed by atoms with E-state index in [1.807, 2.05) is 48.2 Å². The SMILES string of the molecule is CCOc1ccc2c(c1)CN(C(=O)Cc1noc3ccccc13)CC2. The van der Waals surface area contributed by atoms with Crippen LogP contribution in [0.4, 0.5) is 0 Å². The van der Waals surface area contributed by atoms with Gasteiger partial charge in [0.05, 0.1) is 13.0 Å². The van der Waals surface area contributed by atoms with E-state index in [9.17, 15) is 4.79 Å². The molecule has 0 N–H and O–H groups in total. The van der Waals surface area contributed by atoms with Crippen LogP contribution < -0.4 is 4.74 Å². The van der Waals surface area contributed by atoms with E-state index in [2.05, 4.69) is 11.2 Å². The maximum absolute atomic E-state index is 12.7. The summed E-state index contributed by atoms with van der Waals surface area (Å²) in [5, 5.41) is 4.98. The average molecular weight is 336 g/mol. The van der Waals surface area contributed by atoms with Crippen molar-refractivity contribution in [2.75, 3.05) is 13.2 Å². The van der Waals surface area contributed by atoms with E-state index in [0.29, 0.717) is 18.8 Å². The maximum atomic E-state index is 12.7. The van der Waals surface area contributed by atoms with Gasteiger partial charge in [0.25, 0.3) is 0 Å². The lowest BCUT2D eigenvalue weighted by Gasteiger charge is -2.29. The smallest absolute Gasteiger partial charge is 0.229 e. The molecule has 5 nitrogen and oxygen atoms in total. The fourth-order valence-electron chi connectivity index (χ4n) is 3.32. The van der Waals surface area contributed by atoms with Crippen LogP contribution in [0.5, 0.6) is 5.75 Å². The third-order valence-electron chi connectivity index (χ3n) is 4.62. The average Bonchev–Trinajstić information content (AvgIpc) is 3.04. The van der Waals surface area contributed by atoms with Gasteiger partial charge in [0.2, 0.25) is 5.91 Å². The van der Waals surface area contributed by atoms with Gasteiger partial charge in [0.15, 0.2) is 5.58 Å². The molecule has 1 aliphatic heterocycles. The van der Waals surface area contributed by atoms with Crippen molar-refractivity contribution >= 4 is 16.9 Å². The summed E-state index contributed by atoms with van der Waals surface area (Å²) in [4.78, 5) is 14.6. The molecular formula is C20H20N2O3. The second kappa shape index (κ2) is 6.59. The van der Waals surface area contributed by atoms with E-state index in [4.69, 9.17) is 9.26 Å². The number of amides is 1. The second-order valence-corrected chi connectivity index (χ2v) is 6.23. The number of carbonyl (C=O) groups excluding carboxylic acids is 1. The molecule has 25 heavy (non-hydrogen) atoms. The fourth-order valence-corrected chi connectivity index (χ4v) is 3.32. The Hall–Kier alpha value is -2.82. The first-order valence-corrected chi connectivity index (χ1v) is 8.60. The van der Waals surface area contributed by atoms with Gasteiger partial charge in [0, 0.05) is 18.5 Å². The molecule has 0 saturated heterocycles. The highest BCUT2D eigenvalue weighted by Crippen LogP contribution is 2.25. The van der Waals surface area contributed by atoms with Gasteiger partial charge in [0.1, 0.15) is 11.4 Å². The van der Waals surface area contributed by atoms with Crippen LogP contribution in [-0.2, 0) is 24.2 Å². The van der Waals surface area contributed by atoms with Crippen molar-refractivity contribution in [3.8, 4) is 5.75 Å². The van der Waals surface area contributed by atoms with Gasteiger partial charge in [-0.05, 0) is 48.7 Å². The van der Waals surface area contributed by atoms with Crippen molar-refractivity contribution in [3.05, 3.63) is 59.3 Å². The Labute approximate surface area is 146 Å². The van der Waals surface area contributed by atoms with Crippen LogP contribution in [0.1, 0.15) is 23.7 Å². The van der Waals surface area contributed by atoms with Crippen molar-refractivity contribution in [1.29, 1.82) is 0 Å². The molecule has 1 amide bonds. The minimum atomic E-state index is 0.0755. The topological polar surface area (TPSA) is 55.6 Å². The molecule has 0 fully saturated rings. The van der Waals surface area contributed by atoms with Crippen LogP contribution >= 0.6 is 0 Å². The molecule has 0 saturated carbocycles. The number of hydrogen-bond donors (Lipinski definition) is 0. The third kappa shape index (κ3) is 3.09. The van der Waals surface area contributed by atoms with E-state index in [-0.39, 0.29) is 12.3 Å². The Morgan fingerprint density at radius 3 is 3.00 bits per heavy atom. The van der Waals surface area contributed by atoms with Crippen LogP contribution in [0.3, 0.4) is 0 Å². The molecule has 4 rings (SSSR count). The van der Waals surface area contributed by atoms with E-state index < -0.39 is 0 Å². The molecule has 0 atom stereocenters. The Kier molecular flexibility index (Phi) is 4.14. The molecule has 0 aliphatic carbocycles. The van der Waals surface area contributed by atoms with Crippen molar-refractivity contribution in [2.24, 2.45) is 0 Å². The maximum Gasteiger partial charge on any atom is 0.229 e. The summed E-state index contributed by atoms with van der Waals surface area (Å²) in [7, 11) is 0. The Balaban J connectivity index is 1.51. The normalized spacial score (nSPS) is 13.7. The molecule has 0 unspecified atom stereocenters. The summed E-state index contributed by atoms with van der Waals surface area (Å²) in [6.07, 6.45) is 1.13. The number of hydrogen-bond acceptors (Lipinski definition) is 4. The summed E-state index contributed by atoms with van der Waals surface area (Å²) < 4.78 is 10.9. The predicted molar refractivity (Wildman–Crippen MR) is 94.4 cm³/mol. The highest BCUT2D eigenvalue weighted by Gasteiger charge is 2.23. The van der Waals surface area contributed by atoms with Crippen LogP contribution in [0, 0.1) is 0 Å². The monoisotopic (exact) mass is 336 g/mol. The highest BCUT2D eigenvalue weighted by atomic mass is 16.5. The molecule has 2 aromatic carbocycles. The highest BCUT2D eigenvalue weighted by molar-refractivity contribution is 5.86. The lowest BCUT2D eigenvalue weighted by molar-refractivity contribution is -0.131. The number of benzene rings is 2. The quantitative estimate of drug-likeness (QED) is 0.733. The van der Waals surface area contributed by atoms with Gasteiger partial charge >= 0.3 is 0 Å². The number of rotatable bonds is 4. The van der Waals surface area contributed by atoms with E-state index in [0.717, 1.165) is 35.2 Å². The van der Waals surface area contributed by atoms with Crippen molar-refractivity contribution < 1.29 is 14.1 Å². The lowest BCUT2D eigenvalue weighted by atomic mass is 9.99. The molecule has 1 aliphatic rings. The molecular weight excluding hydrogens is 316 g/mol. The molecule has 2 heterocycles. The Morgan fingerprint density at radius 2 is 2.12 bits per heavy atom. The summed E-state index contributed by atoms with van der Waals surface area (Å²) in [6, 6.07) is 13.8. The first kappa shape index (κ1) is 15.7. The first-order valence-electron chi connectivity index (χ1n) is 8.60. The van der Waals surface area contributed by atoms with Crippen LogP contribution in [0.25, 0.3) is 11.0 Å². The van der Waals surface area contributed by atoms with Crippen LogP contribution in [-0.4, -0.2) is 29.1 Å². The zero-order valence-electron chi connectivity index (χ0n) is 14.2. The largest absolute Gasteiger partial charge is 0.494 e. The minimum Gasteiger partial charge on any atom is -0.494 e. The summed E-state index contributed by atoms with van der Waals surface area (Å²) in [6.45, 7) is 3.96. The number of fused-ring (bicyclic) bond motifs is 2. The molecule has 0 spiro atoms. The Bertz CT molecular complexity index is 916. The number of carbonyl (C=O) groups is 1. The Morgan fingerprint density at radius 1 is 1.24 bits per heavy atom. The number of nitrogens with zero attached hydrogens (tertiary/aromatic N) is 2. The first-order chi connectivity index (χ1) is 12.2. The van der Waals surface area contributed by atoms with E-state index in [1.165, 1.54) is 5.56 Å². The van der Waals surface area contributed by atoms with Gasteiger partial charge < -0.3 is 14.2 Å². The molecule has 0 radical (unpaired) electrons. The zero-order chi connectivity index (χ0) is 17.2. The number of para-hydroxylation sites is 1. The standard InChI is InChI=1S/C20H20N2O3/c1-2-24-16-8-7-14-9-10-22(13-15(14)11-16)20(23)12-18-17-5-3-4-6-19(17)25-21-18/h3-8,11H,2,9-10,12-13H2,1H3. The van der Waals surface area contributed by atoms with Crippen molar-refractivity contribution in [3.63, 3.8) is 0 Å². The summed E-state index contributed by atoms with van der Waals surface area (Å²) in [5.74, 6) is 0.935. The third-order valence-corrected chi connectivity index (χ3v) is 4.62.